The largest absolute Gasteiger partial charge is 0.192 e. The van der Waals surface area contributed by atoms with Crippen molar-refractivity contribution in [1.29, 1.82) is 5.26 Å². The van der Waals surface area contributed by atoms with Gasteiger partial charge in [0.2, 0.25) is 0 Å². The molecular weight excluding hydrogens is 334 g/mol. The monoisotopic (exact) mass is 353 g/mol. The van der Waals surface area contributed by atoms with Crippen molar-refractivity contribution in [2.45, 2.75) is 44.9 Å². The predicted molar refractivity (Wildman–Crippen MR) is 94.9 cm³/mol. The van der Waals surface area contributed by atoms with E-state index in [9.17, 15) is 5.26 Å². The van der Waals surface area contributed by atoms with E-state index >= 15 is 0 Å². The smallest absolute Gasteiger partial charge is 0.0991 e. The molecule has 0 aromatic heterocycles. The first kappa shape index (κ1) is 15.3. The fraction of sp³-hybridized carbons (Fsp3) is 0.350. The fourth-order valence-corrected chi connectivity index (χ4v) is 4.42. The normalized spacial score (nSPS) is 14.3. The molecule has 2 aromatic carbocycles. The second kappa shape index (κ2) is 5.89. The van der Waals surface area contributed by atoms with E-state index in [1.165, 1.54) is 22.3 Å². The molecule has 0 saturated carbocycles. The highest BCUT2D eigenvalue weighted by atomic mass is 79.9. The molecule has 0 heterocycles. The van der Waals surface area contributed by atoms with E-state index < -0.39 is 0 Å². The highest BCUT2D eigenvalue weighted by molar-refractivity contribution is 9.10. The average molecular weight is 354 g/mol. The molecule has 0 amide bonds. The number of hydrogen-bond acceptors (Lipinski definition) is 1. The van der Waals surface area contributed by atoms with Crippen molar-refractivity contribution in [2.75, 3.05) is 0 Å². The Labute approximate surface area is 141 Å². The van der Waals surface area contributed by atoms with Crippen LogP contribution in [0.2, 0.25) is 0 Å². The summed E-state index contributed by atoms with van der Waals surface area (Å²) in [4.78, 5) is 0. The van der Waals surface area contributed by atoms with E-state index in [1.807, 2.05) is 6.07 Å². The topological polar surface area (TPSA) is 23.8 Å². The SMILES string of the molecule is CCCC1(CCC)c2cc(Br)ccc2-c2ccc(C#N)cc21. The van der Waals surface area contributed by atoms with Crippen LogP contribution in [0.5, 0.6) is 0 Å². The molecule has 0 aliphatic heterocycles. The van der Waals surface area contributed by atoms with Crippen molar-refractivity contribution in [3.8, 4) is 17.2 Å². The lowest BCUT2D eigenvalue weighted by Gasteiger charge is -2.32. The summed E-state index contributed by atoms with van der Waals surface area (Å²) < 4.78 is 1.14. The van der Waals surface area contributed by atoms with Gasteiger partial charge in [-0.1, -0.05) is 54.8 Å². The van der Waals surface area contributed by atoms with Gasteiger partial charge in [0.15, 0.2) is 0 Å². The Morgan fingerprint density at radius 1 is 0.955 bits per heavy atom. The standard InChI is InChI=1S/C20H20BrN/c1-3-9-20(10-4-2)18-11-14(13-22)5-7-16(18)17-8-6-15(21)12-19(17)20/h5-8,11-12H,3-4,9-10H2,1-2H3. The third kappa shape index (κ3) is 2.20. The Hall–Kier alpha value is -1.59. The summed E-state index contributed by atoms with van der Waals surface area (Å²) in [6.07, 6.45) is 4.54. The van der Waals surface area contributed by atoms with Crippen molar-refractivity contribution >= 4 is 15.9 Å². The zero-order valence-corrected chi connectivity index (χ0v) is 14.7. The zero-order chi connectivity index (χ0) is 15.7. The van der Waals surface area contributed by atoms with Crippen LogP contribution in [0.1, 0.15) is 56.2 Å². The van der Waals surface area contributed by atoms with Gasteiger partial charge in [0.1, 0.15) is 0 Å². The van der Waals surface area contributed by atoms with Gasteiger partial charge in [0.05, 0.1) is 11.6 Å². The molecule has 0 atom stereocenters. The molecule has 1 nitrogen and oxygen atoms in total. The van der Waals surface area contributed by atoms with Gasteiger partial charge in [-0.3, -0.25) is 0 Å². The molecule has 0 spiro atoms. The molecule has 0 saturated heterocycles. The molecule has 0 N–H and O–H groups in total. The molecule has 1 aliphatic carbocycles. The first-order chi connectivity index (χ1) is 10.7. The highest BCUT2D eigenvalue weighted by Crippen LogP contribution is 2.54. The van der Waals surface area contributed by atoms with E-state index in [1.54, 1.807) is 0 Å². The van der Waals surface area contributed by atoms with E-state index in [-0.39, 0.29) is 5.41 Å². The lowest BCUT2D eigenvalue weighted by Crippen LogP contribution is -2.25. The van der Waals surface area contributed by atoms with Crippen molar-refractivity contribution in [3.63, 3.8) is 0 Å². The van der Waals surface area contributed by atoms with Crippen LogP contribution < -0.4 is 0 Å². The molecule has 112 valence electrons. The third-order valence-electron chi connectivity index (χ3n) is 4.81. The minimum Gasteiger partial charge on any atom is -0.192 e. The lowest BCUT2D eigenvalue weighted by molar-refractivity contribution is 0.435. The molecule has 3 rings (SSSR count). The summed E-state index contributed by atoms with van der Waals surface area (Å²) in [7, 11) is 0. The van der Waals surface area contributed by atoms with Crippen LogP contribution in [-0.4, -0.2) is 0 Å². The molecule has 22 heavy (non-hydrogen) atoms. The predicted octanol–water partition coefficient (Wildman–Crippen LogP) is 6.19. The van der Waals surface area contributed by atoms with E-state index in [2.05, 4.69) is 66.2 Å². The van der Waals surface area contributed by atoms with Crippen LogP contribution in [0, 0.1) is 11.3 Å². The lowest BCUT2D eigenvalue weighted by atomic mass is 9.71. The van der Waals surface area contributed by atoms with Crippen LogP contribution in [0.3, 0.4) is 0 Å². The maximum absolute atomic E-state index is 9.30. The number of hydrogen-bond donors (Lipinski definition) is 0. The zero-order valence-electron chi connectivity index (χ0n) is 13.1. The molecule has 0 unspecified atom stereocenters. The second-order valence-electron chi connectivity index (χ2n) is 6.14. The van der Waals surface area contributed by atoms with Gasteiger partial charge >= 0.3 is 0 Å². The molecule has 2 aromatic rings. The fourth-order valence-electron chi connectivity index (χ4n) is 4.05. The van der Waals surface area contributed by atoms with Crippen LogP contribution in [0.4, 0.5) is 0 Å². The first-order valence-electron chi connectivity index (χ1n) is 8.01. The average Bonchev–Trinajstić information content (AvgIpc) is 2.78. The van der Waals surface area contributed by atoms with Crippen molar-refractivity contribution in [1.82, 2.24) is 0 Å². The Kier molecular flexibility index (Phi) is 4.10. The maximum Gasteiger partial charge on any atom is 0.0991 e. The van der Waals surface area contributed by atoms with Gasteiger partial charge < -0.3 is 0 Å². The van der Waals surface area contributed by atoms with Gasteiger partial charge in [-0.2, -0.15) is 5.26 Å². The van der Waals surface area contributed by atoms with E-state index in [0.717, 1.165) is 35.7 Å². The summed E-state index contributed by atoms with van der Waals surface area (Å²) in [5.41, 5.74) is 6.25. The van der Waals surface area contributed by atoms with Gasteiger partial charge in [-0.15, -0.1) is 0 Å². The number of nitrogens with zero attached hydrogens (tertiary/aromatic N) is 1. The number of nitriles is 1. The summed E-state index contributed by atoms with van der Waals surface area (Å²) >= 11 is 3.64. The Bertz CT molecular complexity index is 749. The third-order valence-corrected chi connectivity index (χ3v) is 5.30. The van der Waals surface area contributed by atoms with Crippen molar-refractivity contribution in [3.05, 3.63) is 57.6 Å². The van der Waals surface area contributed by atoms with Crippen LogP contribution >= 0.6 is 15.9 Å². The maximum atomic E-state index is 9.30. The molecule has 1 aliphatic rings. The summed E-state index contributed by atoms with van der Waals surface area (Å²) in [5.74, 6) is 0. The van der Waals surface area contributed by atoms with Gasteiger partial charge in [0, 0.05) is 9.89 Å². The quantitative estimate of drug-likeness (QED) is 0.642. The van der Waals surface area contributed by atoms with E-state index in [4.69, 9.17) is 0 Å². The van der Waals surface area contributed by atoms with Crippen molar-refractivity contribution < 1.29 is 0 Å². The molecule has 0 bridgehead atoms. The second-order valence-corrected chi connectivity index (χ2v) is 7.06. The van der Waals surface area contributed by atoms with Gasteiger partial charge in [-0.25, -0.2) is 0 Å². The Morgan fingerprint density at radius 2 is 1.55 bits per heavy atom. The van der Waals surface area contributed by atoms with Gasteiger partial charge in [-0.05, 0) is 59.4 Å². The Morgan fingerprint density at radius 3 is 2.14 bits per heavy atom. The number of benzene rings is 2. The minimum atomic E-state index is 0.0603. The molecule has 0 fully saturated rings. The van der Waals surface area contributed by atoms with Gasteiger partial charge in [0.25, 0.3) is 0 Å². The van der Waals surface area contributed by atoms with Crippen molar-refractivity contribution in [2.24, 2.45) is 0 Å². The van der Waals surface area contributed by atoms with E-state index in [0.29, 0.717) is 0 Å². The summed E-state index contributed by atoms with van der Waals surface area (Å²) in [6, 6.07) is 15.1. The molecule has 0 radical (unpaired) electrons. The molecular formula is C20H20BrN. The van der Waals surface area contributed by atoms with Crippen LogP contribution in [-0.2, 0) is 5.41 Å². The van der Waals surface area contributed by atoms with Crippen LogP contribution in [0.25, 0.3) is 11.1 Å². The number of halogens is 1. The molecule has 2 heteroatoms. The Balaban J connectivity index is 2.33. The first-order valence-corrected chi connectivity index (χ1v) is 8.80. The summed E-state index contributed by atoms with van der Waals surface area (Å²) in [5, 5.41) is 9.30. The number of fused-ring (bicyclic) bond motifs is 3. The highest BCUT2D eigenvalue weighted by Gasteiger charge is 2.41. The van der Waals surface area contributed by atoms with Crippen LogP contribution in [0.15, 0.2) is 40.9 Å². The number of rotatable bonds is 4. The minimum absolute atomic E-state index is 0.0603. The summed E-state index contributed by atoms with van der Waals surface area (Å²) in [6.45, 7) is 4.50.